The second-order valence-corrected chi connectivity index (χ2v) is 10.3. The number of aromatic nitrogens is 4. The minimum atomic E-state index is -0.872. The van der Waals surface area contributed by atoms with Gasteiger partial charge in [-0.2, -0.15) is 5.10 Å². The van der Waals surface area contributed by atoms with Crippen LogP contribution in [0, 0.1) is 6.92 Å². The van der Waals surface area contributed by atoms with Crippen molar-refractivity contribution >= 4 is 11.8 Å². The normalized spacial score (nSPS) is 11.3. The summed E-state index contributed by atoms with van der Waals surface area (Å²) in [6.45, 7) is 2.08. The van der Waals surface area contributed by atoms with Crippen LogP contribution in [-0.2, 0) is 5.60 Å². The minimum absolute atomic E-state index is 0.719. The second-order valence-electron chi connectivity index (χ2n) is 9.49. The van der Waals surface area contributed by atoms with Gasteiger partial charge in [-0.25, -0.2) is 9.97 Å². The Morgan fingerprint density at radius 1 is 0.750 bits per heavy atom. The fraction of sp³-hybridized carbons (Fsp3) is 0.0882. The van der Waals surface area contributed by atoms with Gasteiger partial charge >= 0.3 is 0 Å². The van der Waals surface area contributed by atoms with E-state index in [1.165, 1.54) is 11.8 Å². The molecule has 40 heavy (non-hydrogen) atoms. The largest absolute Gasteiger partial charge is 0.473 e. The Bertz CT molecular complexity index is 1620. The van der Waals surface area contributed by atoms with Crippen molar-refractivity contribution in [3.63, 3.8) is 0 Å². The zero-order valence-corrected chi connectivity index (χ0v) is 23.1. The van der Waals surface area contributed by atoms with E-state index in [4.69, 9.17) is 9.72 Å². The molecule has 0 saturated heterocycles. The first-order valence-electron chi connectivity index (χ1n) is 13.1. The summed E-state index contributed by atoms with van der Waals surface area (Å²) >= 11 is 1.51. The molecule has 0 bridgehead atoms. The number of ether oxygens (including phenoxy) is 1. The predicted octanol–water partition coefficient (Wildman–Crippen LogP) is 7.93. The third kappa shape index (κ3) is 4.90. The first kappa shape index (κ1) is 25.6. The Labute approximate surface area is 238 Å². The summed E-state index contributed by atoms with van der Waals surface area (Å²) in [6.07, 6.45) is 5.63. The molecule has 0 amide bonds. The van der Waals surface area contributed by atoms with Crippen LogP contribution >= 0.6 is 11.8 Å². The summed E-state index contributed by atoms with van der Waals surface area (Å²) in [5, 5.41) is 8.38. The molecule has 0 saturated carbocycles. The minimum Gasteiger partial charge on any atom is -0.473 e. The van der Waals surface area contributed by atoms with Gasteiger partial charge in [0.25, 0.3) is 0 Å². The Kier molecular flexibility index (Phi) is 7.17. The maximum absolute atomic E-state index is 7.19. The number of aromatic amines is 1. The lowest BCUT2D eigenvalue weighted by molar-refractivity contribution is 0.155. The maximum atomic E-state index is 7.19. The molecular weight excluding hydrogens is 512 g/mol. The van der Waals surface area contributed by atoms with Crippen molar-refractivity contribution in [1.82, 2.24) is 20.2 Å². The van der Waals surface area contributed by atoms with E-state index in [-0.39, 0.29) is 0 Å². The van der Waals surface area contributed by atoms with Gasteiger partial charge in [0.1, 0.15) is 11.4 Å². The van der Waals surface area contributed by atoms with Crippen LogP contribution in [0.15, 0.2) is 133 Å². The van der Waals surface area contributed by atoms with Crippen LogP contribution in [0.2, 0.25) is 0 Å². The fourth-order valence-electron chi connectivity index (χ4n) is 5.11. The van der Waals surface area contributed by atoms with Crippen molar-refractivity contribution in [1.29, 1.82) is 0 Å². The Morgan fingerprint density at radius 3 is 1.93 bits per heavy atom. The van der Waals surface area contributed by atoms with Crippen molar-refractivity contribution < 1.29 is 4.74 Å². The molecule has 196 valence electrons. The molecule has 0 spiro atoms. The van der Waals surface area contributed by atoms with E-state index in [1.807, 2.05) is 36.7 Å². The van der Waals surface area contributed by atoms with Crippen molar-refractivity contribution in [2.24, 2.45) is 0 Å². The van der Waals surface area contributed by atoms with Crippen LogP contribution in [0.3, 0.4) is 0 Å². The molecule has 2 heterocycles. The number of nitrogens with zero attached hydrogens (tertiary/aromatic N) is 3. The maximum Gasteiger partial charge on any atom is 0.187 e. The second kappa shape index (κ2) is 11.2. The highest BCUT2D eigenvalue weighted by atomic mass is 32.2. The van der Waals surface area contributed by atoms with Crippen LogP contribution in [0.25, 0.3) is 22.5 Å². The van der Waals surface area contributed by atoms with E-state index in [1.54, 1.807) is 6.20 Å². The molecule has 0 atom stereocenters. The molecule has 1 N–H and O–H groups in total. The quantitative estimate of drug-likeness (QED) is 0.121. The van der Waals surface area contributed by atoms with Gasteiger partial charge in [-0.15, -0.1) is 0 Å². The van der Waals surface area contributed by atoms with E-state index in [0.717, 1.165) is 55.7 Å². The molecule has 2 aromatic heterocycles. The SMILES string of the molecule is CSc1nccc(-c2c[nH]nc2-c2cc(C)cc(OC(c3ccccc3)(c3ccccc3)c3ccccc3)c2)n1. The van der Waals surface area contributed by atoms with Crippen molar-refractivity contribution in [3.8, 4) is 28.3 Å². The highest BCUT2D eigenvalue weighted by Gasteiger charge is 2.39. The van der Waals surface area contributed by atoms with Crippen molar-refractivity contribution in [2.75, 3.05) is 6.26 Å². The van der Waals surface area contributed by atoms with Gasteiger partial charge < -0.3 is 4.74 Å². The van der Waals surface area contributed by atoms with Gasteiger partial charge in [0.2, 0.25) is 0 Å². The lowest BCUT2D eigenvalue weighted by Crippen LogP contribution is -2.36. The van der Waals surface area contributed by atoms with Gasteiger partial charge in [0.05, 0.1) is 5.69 Å². The van der Waals surface area contributed by atoms with Crippen LogP contribution < -0.4 is 4.74 Å². The molecule has 0 aliphatic rings. The zero-order chi connectivity index (χ0) is 27.4. The first-order valence-corrected chi connectivity index (χ1v) is 14.3. The van der Waals surface area contributed by atoms with Crippen LogP contribution in [0.1, 0.15) is 22.3 Å². The average Bonchev–Trinajstić information content (AvgIpc) is 3.51. The fourth-order valence-corrected chi connectivity index (χ4v) is 5.47. The summed E-state index contributed by atoms with van der Waals surface area (Å²) < 4.78 is 7.19. The summed E-state index contributed by atoms with van der Waals surface area (Å²) in [5.74, 6) is 0.744. The first-order chi connectivity index (χ1) is 19.7. The Morgan fingerprint density at radius 2 is 1.35 bits per heavy atom. The topological polar surface area (TPSA) is 63.7 Å². The highest BCUT2D eigenvalue weighted by Crippen LogP contribution is 2.42. The summed E-state index contributed by atoms with van der Waals surface area (Å²) in [5.41, 5.74) is 6.81. The Balaban J connectivity index is 1.51. The van der Waals surface area contributed by atoms with E-state index < -0.39 is 5.60 Å². The molecule has 0 unspecified atom stereocenters. The molecular formula is C34H28N4OS. The van der Waals surface area contributed by atoms with Gasteiger partial charge in [0.15, 0.2) is 10.8 Å². The standard InChI is InChI=1S/C34H28N4OS/c1-24-20-25(32-30(23-36-38-32)31-18-19-35-33(37-31)40-2)22-29(21-24)39-34(26-12-6-3-7-13-26,27-14-8-4-9-15-27)28-16-10-5-11-17-28/h3-23H,1-2H3,(H,36,38). The third-order valence-electron chi connectivity index (χ3n) is 6.87. The number of rotatable bonds is 8. The van der Waals surface area contributed by atoms with E-state index in [0.29, 0.717) is 0 Å². The number of benzene rings is 4. The number of thioether (sulfide) groups is 1. The lowest BCUT2D eigenvalue weighted by atomic mass is 9.80. The molecule has 0 aliphatic heterocycles. The van der Waals surface area contributed by atoms with E-state index in [2.05, 4.69) is 113 Å². The molecule has 4 aromatic carbocycles. The molecule has 6 rings (SSSR count). The van der Waals surface area contributed by atoms with Crippen LogP contribution in [-0.4, -0.2) is 26.4 Å². The molecule has 5 nitrogen and oxygen atoms in total. The summed E-state index contributed by atoms with van der Waals surface area (Å²) in [6, 6.07) is 39.4. The van der Waals surface area contributed by atoms with Gasteiger partial charge in [-0.05, 0) is 43.0 Å². The van der Waals surface area contributed by atoms with Gasteiger partial charge in [-0.3, -0.25) is 5.10 Å². The smallest absolute Gasteiger partial charge is 0.187 e. The van der Waals surface area contributed by atoms with Gasteiger partial charge in [0, 0.05) is 40.2 Å². The molecule has 6 heteroatoms. The summed E-state index contributed by atoms with van der Waals surface area (Å²) in [7, 11) is 0. The third-order valence-corrected chi connectivity index (χ3v) is 7.43. The average molecular weight is 541 g/mol. The molecule has 0 aliphatic carbocycles. The van der Waals surface area contributed by atoms with Crippen LogP contribution in [0.5, 0.6) is 5.75 Å². The molecule has 6 aromatic rings. The highest BCUT2D eigenvalue weighted by molar-refractivity contribution is 7.98. The lowest BCUT2D eigenvalue weighted by Gasteiger charge is -2.36. The van der Waals surface area contributed by atoms with Crippen molar-refractivity contribution in [2.45, 2.75) is 17.7 Å². The number of H-pyrrole nitrogens is 1. The van der Waals surface area contributed by atoms with Crippen molar-refractivity contribution in [3.05, 3.63) is 150 Å². The van der Waals surface area contributed by atoms with E-state index in [9.17, 15) is 0 Å². The summed E-state index contributed by atoms with van der Waals surface area (Å²) in [4.78, 5) is 9.03. The molecule has 0 radical (unpaired) electrons. The number of aryl methyl sites for hydroxylation is 1. The predicted molar refractivity (Wildman–Crippen MR) is 161 cm³/mol. The van der Waals surface area contributed by atoms with E-state index >= 15 is 0 Å². The number of nitrogens with one attached hydrogen (secondary N) is 1. The monoisotopic (exact) mass is 540 g/mol. The van der Waals surface area contributed by atoms with Gasteiger partial charge in [-0.1, -0.05) is 103 Å². The Hall–Kier alpha value is -4.68. The number of hydrogen-bond acceptors (Lipinski definition) is 5. The van der Waals surface area contributed by atoms with Crippen LogP contribution in [0.4, 0.5) is 0 Å². The zero-order valence-electron chi connectivity index (χ0n) is 22.3. The number of hydrogen-bond donors (Lipinski definition) is 1. The molecule has 0 fully saturated rings.